The van der Waals surface area contributed by atoms with Crippen LogP contribution in [0, 0.1) is 5.92 Å². The SMILES string of the molecule is CC(C)NC(=NCC(=O)N(C)C)N(C)CC1CCOC1.I. The number of carbonyl (C=O) groups excluding carboxylic acids is 1. The number of likely N-dealkylation sites (N-methyl/N-ethyl adjacent to an activating group) is 1. The summed E-state index contributed by atoms with van der Waals surface area (Å²) in [6, 6.07) is 0.283. The summed E-state index contributed by atoms with van der Waals surface area (Å²) in [5.41, 5.74) is 0. The number of halogens is 1. The second-order valence-corrected chi connectivity index (χ2v) is 5.84. The fourth-order valence-corrected chi connectivity index (χ4v) is 2.02. The van der Waals surface area contributed by atoms with Gasteiger partial charge in [0.2, 0.25) is 5.91 Å². The van der Waals surface area contributed by atoms with Gasteiger partial charge in [-0.3, -0.25) is 4.79 Å². The van der Waals surface area contributed by atoms with Gasteiger partial charge in [-0.1, -0.05) is 0 Å². The van der Waals surface area contributed by atoms with Gasteiger partial charge < -0.3 is 19.9 Å². The molecule has 1 saturated heterocycles. The number of nitrogens with zero attached hydrogens (tertiary/aromatic N) is 3. The summed E-state index contributed by atoms with van der Waals surface area (Å²) < 4.78 is 5.40. The number of ether oxygens (including phenoxy) is 1. The molecule has 0 aromatic heterocycles. The highest BCUT2D eigenvalue weighted by molar-refractivity contribution is 14.0. The minimum atomic E-state index is 0. The molecule has 6 nitrogen and oxygen atoms in total. The second-order valence-electron chi connectivity index (χ2n) is 5.84. The maximum absolute atomic E-state index is 11.7. The first-order valence-electron chi connectivity index (χ1n) is 7.20. The molecule has 0 bridgehead atoms. The molecule has 21 heavy (non-hydrogen) atoms. The summed E-state index contributed by atoms with van der Waals surface area (Å²) >= 11 is 0. The van der Waals surface area contributed by atoms with Gasteiger partial charge in [-0.15, -0.1) is 24.0 Å². The fraction of sp³-hybridized carbons (Fsp3) is 0.857. The first kappa shape index (κ1) is 20.4. The van der Waals surface area contributed by atoms with Gasteiger partial charge in [0.1, 0.15) is 6.54 Å². The van der Waals surface area contributed by atoms with Gasteiger partial charge in [0.05, 0.1) is 6.61 Å². The zero-order valence-corrected chi connectivity index (χ0v) is 16.1. The van der Waals surface area contributed by atoms with Crippen LogP contribution in [0.5, 0.6) is 0 Å². The molecule has 0 radical (unpaired) electrons. The summed E-state index contributed by atoms with van der Waals surface area (Å²) in [7, 11) is 5.49. The number of carbonyl (C=O) groups is 1. The quantitative estimate of drug-likeness (QED) is 0.416. The smallest absolute Gasteiger partial charge is 0.243 e. The third kappa shape index (κ3) is 7.85. The number of rotatable bonds is 5. The van der Waals surface area contributed by atoms with E-state index in [-0.39, 0.29) is 42.5 Å². The molecular weight excluding hydrogens is 383 g/mol. The Morgan fingerprint density at radius 3 is 2.52 bits per heavy atom. The molecule has 124 valence electrons. The van der Waals surface area contributed by atoms with Crippen LogP contribution in [-0.4, -0.2) is 75.2 Å². The van der Waals surface area contributed by atoms with Crippen LogP contribution < -0.4 is 5.32 Å². The monoisotopic (exact) mass is 412 g/mol. The summed E-state index contributed by atoms with van der Waals surface area (Å²) in [6.07, 6.45) is 1.09. The predicted octanol–water partition coefficient (Wildman–Crippen LogP) is 1.01. The Morgan fingerprint density at radius 2 is 2.05 bits per heavy atom. The van der Waals surface area contributed by atoms with Crippen molar-refractivity contribution < 1.29 is 9.53 Å². The molecule has 1 aliphatic heterocycles. The lowest BCUT2D eigenvalue weighted by Gasteiger charge is -2.26. The molecular formula is C14H29IN4O2. The van der Waals surface area contributed by atoms with Crippen LogP contribution in [0.3, 0.4) is 0 Å². The van der Waals surface area contributed by atoms with E-state index in [0.717, 1.165) is 32.1 Å². The van der Waals surface area contributed by atoms with Crippen LogP contribution in [0.2, 0.25) is 0 Å². The van der Waals surface area contributed by atoms with Gasteiger partial charge in [-0.25, -0.2) is 4.99 Å². The van der Waals surface area contributed by atoms with Crippen LogP contribution in [-0.2, 0) is 9.53 Å². The van der Waals surface area contributed by atoms with E-state index in [0.29, 0.717) is 5.92 Å². The Kier molecular flexibility index (Phi) is 9.93. The average Bonchev–Trinajstić information content (AvgIpc) is 2.86. The maximum Gasteiger partial charge on any atom is 0.243 e. The van der Waals surface area contributed by atoms with Crippen molar-refractivity contribution in [1.29, 1.82) is 0 Å². The molecule has 0 aromatic carbocycles. The molecule has 1 amide bonds. The van der Waals surface area contributed by atoms with Crippen molar-refractivity contribution >= 4 is 35.8 Å². The normalized spacial score (nSPS) is 18.4. The van der Waals surface area contributed by atoms with Crippen molar-refractivity contribution in [2.45, 2.75) is 26.3 Å². The molecule has 1 atom stereocenters. The van der Waals surface area contributed by atoms with E-state index in [2.05, 4.69) is 29.1 Å². The number of amides is 1. The molecule has 1 rings (SSSR count). The highest BCUT2D eigenvalue weighted by atomic mass is 127. The van der Waals surface area contributed by atoms with Gasteiger partial charge >= 0.3 is 0 Å². The molecule has 1 heterocycles. The van der Waals surface area contributed by atoms with Gasteiger partial charge in [0.25, 0.3) is 0 Å². The Labute approximate surface area is 145 Å². The number of hydrogen-bond acceptors (Lipinski definition) is 3. The summed E-state index contributed by atoms with van der Waals surface area (Å²) in [6.45, 7) is 6.87. The van der Waals surface area contributed by atoms with E-state index < -0.39 is 0 Å². The van der Waals surface area contributed by atoms with Gasteiger partial charge in [0, 0.05) is 46.3 Å². The number of hydrogen-bond donors (Lipinski definition) is 1. The Bertz CT molecular complexity index is 342. The molecule has 0 aliphatic carbocycles. The van der Waals surface area contributed by atoms with Crippen LogP contribution in [0.1, 0.15) is 20.3 Å². The molecule has 1 aliphatic rings. The Morgan fingerprint density at radius 1 is 1.38 bits per heavy atom. The van der Waals surface area contributed by atoms with Crippen LogP contribution in [0.15, 0.2) is 4.99 Å². The third-order valence-corrected chi connectivity index (χ3v) is 3.20. The highest BCUT2D eigenvalue weighted by Crippen LogP contribution is 2.13. The highest BCUT2D eigenvalue weighted by Gasteiger charge is 2.19. The minimum absolute atomic E-state index is 0. The Balaban J connectivity index is 0.00000400. The van der Waals surface area contributed by atoms with E-state index in [1.807, 2.05) is 7.05 Å². The lowest BCUT2D eigenvalue weighted by Crippen LogP contribution is -2.44. The van der Waals surface area contributed by atoms with E-state index in [1.165, 1.54) is 0 Å². The van der Waals surface area contributed by atoms with E-state index in [9.17, 15) is 4.79 Å². The van der Waals surface area contributed by atoms with Crippen molar-refractivity contribution in [3.63, 3.8) is 0 Å². The lowest BCUT2D eigenvalue weighted by atomic mass is 10.1. The molecule has 1 fully saturated rings. The predicted molar refractivity (Wildman–Crippen MR) is 96.2 cm³/mol. The number of guanidine groups is 1. The average molecular weight is 412 g/mol. The summed E-state index contributed by atoms with van der Waals surface area (Å²) in [5, 5.41) is 3.31. The molecule has 0 spiro atoms. The topological polar surface area (TPSA) is 57.2 Å². The summed E-state index contributed by atoms with van der Waals surface area (Å²) in [5.74, 6) is 1.33. The molecule has 7 heteroatoms. The third-order valence-electron chi connectivity index (χ3n) is 3.20. The van der Waals surface area contributed by atoms with E-state index >= 15 is 0 Å². The van der Waals surface area contributed by atoms with Crippen molar-refractivity contribution in [2.24, 2.45) is 10.9 Å². The molecule has 1 N–H and O–H groups in total. The first-order valence-corrected chi connectivity index (χ1v) is 7.20. The zero-order valence-electron chi connectivity index (χ0n) is 13.8. The summed E-state index contributed by atoms with van der Waals surface area (Å²) in [4.78, 5) is 19.7. The van der Waals surface area contributed by atoms with Crippen LogP contribution >= 0.6 is 24.0 Å². The Hall–Kier alpha value is -0.570. The van der Waals surface area contributed by atoms with Crippen molar-refractivity contribution in [2.75, 3.05) is 47.4 Å². The minimum Gasteiger partial charge on any atom is -0.381 e. The fourth-order valence-electron chi connectivity index (χ4n) is 2.02. The largest absolute Gasteiger partial charge is 0.381 e. The standard InChI is InChI=1S/C14H28N4O2.HI/c1-11(2)16-14(15-8-13(19)17(3)4)18(5)9-12-6-7-20-10-12;/h11-12H,6-10H2,1-5H3,(H,15,16);1H. The van der Waals surface area contributed by atoms with E-state index in [4.69, 9.17) is 4.74 Å². The van der Waals surface area contributed by atoms with Gasteiger partial charge in [-0.05, 0) is 20.3 Å². The lowest BCUT2D eigenvalue weighted by molar-refractivity contribution is -0.127. The second kappa shape index (κ2) is 10.2. The van der Waals surface area contributed by atoms with Crippen molar-refractivity contribution in [3.8, 4) is 0 Å². The first-order chi connectivity index (χ1) is 9.40. The zero-order chi connectivity index (χ0) is 15.1. The number of nitrogens with one attached hydrogen (secondary N) is 1. The van der Waals surface area contributed by atoms with Crippen molar-refractivity contribution in [1.82, 2.24) is 15.1 Å². The number of aliphatic imine (C=N–C) groups is 1. The molecule has 0 aromatic rings. The maximum atomic E-state index is 11.7. The van der Waals surface area contributed by atoms with E-state index in [1.54, 1.807) is 19.0 Å². The van der Waals surface area contributed by atoms with Crippen LogP contribution in [0.4, 0.5) is 0 Å². The molecule has 1 unspecified atom stereocenters. The van der Waals surface area contributed by atoms with Gasteiger partial charge in [-0.2, -0.15) is 0 Å². The van der Waals surface area contributed by atoms with Crippen LogP contribution in [0.25, 0.3) is 0 Å². The van der Waals surface area contributed by atoms with Crippen molar-refractivity contribution in [3.05, 3.63) is 0 Å². The van der Waals surface area contributed by atoms with Gasteiger partial charge in [0.15, 0.2) is 5.96 Å². The molecule has 0 saturated carbocycles.